The third kappa shape index (κ3) is 4.13. The van der Waals surface area contributed by atoms with Crippen LogP contribution in [-0.4, -0.2) is 33.6 Å². The average molecular weight is 472 g/mol. The van der Waals surface area contributed by atoms with Gasteiger partial charge in [-0.25, -0.2) is 14.5 Å². The summed E-state index contributed by atoms with van der Waals surface area (Å²) in [6.07, 6.45) is 2.43. The van der Waals surface area contributed by atoms with E-state index in [1.807, 2.05) is 89.7 Å². The van der Waals surface area contributed by atoms with Gasteiger partial charge in [0.05, 0.1) is 30.2 Å². The smallest absolute Gasteiger partial charge is 0.335 e. The van der Waals surface area contributed by atoms with Crippen LogP contribution in [0.1, 0.15) is 23.6 Å². The quantitative estimate of drug-likeness (QED) is 0.421. The number of hydrogen-bond donors (Lipinski definition) is 1. The van der Waals surface area contributed by atoms with Crippen molar-refractivity contribution in [2.75, 3.05) is 7.11 Å². The molecule has 1 aliphatic rings. The number of aromatic nitrogens is 2. The van der Waals surface area contributed by atoms with Gasteiger partial charge in [0.1, 0.15) is 5.75 Å². The molecule has 0 spiro atoms. The Balaban J connectivity index is 1.59. The van der Waals surface area contributed by atoms with E-state index in [0.717, 1.165) is 39.5 Å². The summed E-state index contributed by atoms with van der Waals surface area (Å²) in [5.74, 6) is 0.750. The molecule has 0 radical (unpaired) electrons. The number of hydrazone groups is 1. The summed E-state index contributed by atoms with van der Waals surface area (Å²) in [7, 11) is 1.62. The van der Waals surface area contributed by atoms with Crippen molar-refractivity contribution in [2.24, 2.45) is 10.8 Å². The number of ether oxygens (including phenoxy) is 1. The maximum atomic E-state index is 12.4. The number of primary amides is 1. The Morgan fingerprint density at radius 3 is 2.32 bits per heavy atom. The second kappa shape index (κ2) is 9.03. The zero-order valence-electron chi connectivity index (χ0n) is 18.4. The van der Waals surface area contributed by atoms with Crippen LogP contribution in [0.5, 0.6) is 5.75 Å². The zero-order chi connectivity index (χ0) is 23.7. The fourth-order valence-electron chi connectivity index (χ4n) is 4.09. The number of para-hydroxylation sites is 1. The molecule has 3 aromatic carbocycles. The van der Waals surface area contributed by atoms with Gasteiger partial charge in [-0.2, -0.15) is 10.2 Å². The van der Waals surface area contributed by atoms with Crippen LogP contribution < -0.4 is 10.5 Å². The average Bonchev–Trinajstić information content (AvgIpc) is 3.50. The van der Waals surface area contributed by atoms with Crippen molar-refractivity contribution in [3.63, 3.8) is 0 Å². The van der Waals surface area contributed by atoms with E-state index >= 15 is 0 Å². The molecular formula is C26H22ClN5O2. The number of hydrogen-bond acceptors (Lipinski definition) is 4. The first-order chi connectivity index (χ1) is 16.5. The van der Waals surface area contributed by atoms with Gasteiger partial charge in [0, 0.05) is 28.8 Å². The zero-order valence-corrected chi connectivity index (χ0v) is 19.2. The Labute approximate surface area is 202 Å². The first kappa shape index (κ1) is 21.7. The lowest BCUT2D eigenvalue weighted by molar-refractivity contribution is 0.196. The largest absolute Gasteiger partial charge is 0.497 e. The van der Waals surface area contributed by atoms with Crippen LogP contribution >= 0.6 is 11.6 Å². The number of rotatable bonds is 5. The van der Waals surface area contributed by atoms with Gasteiger partial charge in [-0.15, -0.1) is 0 Å². The Bertz CT molecular complexity index is 1350. The highest BCUT2D eigenvalue weighted by Crippen LogP contribution is 2.38. The maximum absolute atomic E-state index is 12.4. The summed E-state index contributed by atoms with van der Waals surface area (Å²) >= 11 is 6.12. The van der Waals surface area contributed by atoms with Crippen molar-refractivity contribution >= 4 is 23.3 Å². The summed E-state index contributed by atoms with van der Waals surface area (Å²) in [6, 6.07) is 23.8. The van der Waals surface area contributed by atoms with Crippen LogP contribution in [0.25, 0.3) is 16.9 Å². The van der Waals surface area contributed by atoms with Crippen molar-refractivity contribution in [2.45, 2.75) is 12.5 Å². The molecule has 1 atom stereocenters. The number of amides is 2. The molecule has 1 aliphatic heterocycles. The maximum Gasteiger partial charge on any atom is 0.335 e. The third-order valence-electron chi connectivity index (χ3n) is 5.80. The van der Waals surface area contributed by atoms with Gasteiger partial charge in [0.2, 0.25) is 0 Å². The number of halogens is 1. The lowest BCUT2D eigenvalue weighted by Crippen LogP contribution is -2.32. The molecule has 170 valence electrons. The van der Waals surface area contributed by atoms with Crippen molar-refractivity contribution in [3.8, 4) is 22.7 Å². The van der Waals surface area contributed by atoms with E-state index in [1.165, 1.54) is 5.01 Å². The molecular weight excluding hydrogens is 450 g/mol. The van der Waals surface area contributed by atoms with Crippen molar-refractivity contribution in [3.05, 3.63) is 101 Å². The topological polar surface area (TPSA) is 85.7 Å². The number of methoxy groups -OCH3 is 1. The predicted molar refractivity (Wildman–Crippen MR) is 132 cm³/mol. The molecule has 2 amide bonds. The standard InChI is InChI=1S/C26H22ClN5O2/c1-34-21-13-9-17(10-14-21)23-15-24(32(29-23)26(28)33)22-16-31(20-5-3-2-4-6-20)30-25(22)18-7-11-19(27)12-8-18/h2-14,16,24H,15H2,1H3,(H2,28,33). The van der Waals surface area contributed by atoms with E-state index in [0.29, 0.717) is 11.4 Å². The van der Waals surface area contributed by atoms with Crippen LogP contribution in [-0.2, 0) is 0 Å². The van der Waals surface area contributed by atoms with Gasteiger partial charge < -0.3 is 10.5 Å². The van der Waals surface area contributed by atoms with E-state index in [1.54, 1.807) is 7.11 Å². The van der Waals surface area contributed by atoms with E-state index in [2.05, 4.69) is 5.10 Å². The molecule has 1 aromatic heterocycles. The molecule has 0 aliphatic carbocycles. The number of nitrogens with two attached hydrogens (primary N) is 1. The van der Waals surface area contributed by atoms with E-state index < -0.39 is 12.1 Å². The number of carbonyl (C=O) groups is 1. The number of nitrogens with zero attached hydrogens (tertiary/aromatic N) is 4. The van der Waals surface area contributed by atoms with Crippen molar-refractivity contribution < 1.29 is 9.53 Å². The fraction of sp³-hybridized carbons (Fsp3) is 0.115. The molecule has 0 bridgehead atoms. The normalized spacial score (nSPS) is 15.3. The minimum Gasteiger partial charge on any atom is -0.497 e. The van der Waals surface area contributed by atoms with E-state index in [4.69, 9.17) is 27.2 Å². The van der Waals surface area contributed by atoms with Crippen LogP contribution in [0.3, 0.4) is 0 Å². The molecule has 34 heavy (non-hydrogen) atoms. The SMILES string of the molecule is COc1ccc(C2=NN(C(N)=O)C(c3cn(-c4ccccc4)nc3-c3ccc(Cl)cc3)C2)cc1. The Hall–Kier alpha value is -4.10. The van der Waals surface area contributed by atoms with E-state index in [-0.39, 0.29) is 0 Å². The van der Waals surface area contributed by atoms with E-state index in [9.17, 15) is 4.79 Å². The minimum absolute atomic E-state index is 0.405. The molecule has 0 saturated heterocycles. The van der Waals surface area contributed by atoms with Crippen LogP contribution in [0.4, 0.5) is 4.79 Å². The molecule has 2 N–H and O–H groups in total. The summed E-state index contributed by atoms with van der Waals surface area (Å²) in [5.41, 5.74) is 10.8. The first-order valence-electron chi connectivity index (χ1n) is 10.7. The molecule has 2 heterocycles. The van der Waals surface area contributed by atoms with Crippen molar-refractivity contribution in [1.29, 1.82) is 0 Å². The highest BCUT2D eigenvalue weighted by atomic mass is 35.5. The summed E-state index contributed by atoms with van der Waals surface area (Å²) in [6.45, 7) is 0. The Morgan fingerprint density at radius 1 is 1.00 bits per heavy atom. The summed E-state index contributed by atoms with van der Waals surface area (Å²) in [4.78, 5) is 12.4. The first-order valence-corrected chi connectivity index (χ1v) is 11.1. The van der Waals surface area contributed by atoms with Crippen LogP contribution in [0, 0.1) is 0 Å². The second-order valence-electron chi connectivity index (χ2n) is 7.90. The summed E-state index contributed by atoms with van der Waals surface area (Å²) in [5, 5.41) is 11.4. The van der Waals surface area contributed by atoms with Gasteiger partial charge in [0.15, 0.2) is 0 Å². The predicted octanol–water partition coefficient (Wildman–Crippen LogP) is 5.43. The van der Waals surface area contributed by atoms with Gasteiger partial charge in [-0.05, 0) is 54.1 Å². The molecule has 7 nitrogen and oxygen atoms in total. The Kier molecular flexibility index (Phi) is 5.77. The Morgan fingerprint density at radius 2 is 1.68 bits per heavy atom. The molecule has 0 fully saturated rings. The summed E-state index contributed by atoms with van der Waals surface area (Å²) < 4.78 is 7.06. The highest BCUT2D eigenvalue weighted by molar-refractivity contribution is 6.30. The third-order valence-corrected chi connectivity index (χ3v) is 6.05. The lowest BCUT2D eigenvalue weighted by atomic mass is 9.96. The van der Waals surface area contributed by atoms with Gasteiger partial charge in [0.25, 0.3) is 0 Å². The lowest BCUT2D eigenvalue weighted by Gasteiger charge is -2.19. The molecule has 8 heteroatoms. The van der Waals surface area contributed by atoms with Crippen molar-refractivity contribution in [1.82, 2.24) is 14.8 Å². The monoisotopic (exact) mass is 471 g/mol. The molecule has 5 rings (SSSR count). The van der Waals surface area contributed by atoms with Gasteiger partial charge >= 0.3 is 6.03 Å². The number of benzene rings is 3. The minimum atomic E-state index is -0.622. The number of urea groups is 1. The van der Waals surface area contributed by atoms with Crippen LogP contribution in [0.2, 0.25) is 5.02 Å². The highest BCUT2D eigenvalue weighted by Gasteiger charge is 2.35. The molecule has 1 unspecified atom stereocenters. The number of carbonyl (C=O) groups excluding carboxylic acids is 1. The second-order valence-corrected chi connectivity index (χ2v) is 8.33. The van der Waals surface area contributed by atoms with Gasteiger partial charge in [-0.3, -0.25) is 0 Å². The molecule has 0 saturated carbocycles. The molecule has 4 aromatic rings. The fourth-order valence-corrected chi connectivity index (χ4v) is 4.22. The van der Waals surface area contributed by atoms with Crippen LogP contribution in [0.15, 0.2) is 90.2 Å². The van der Waals surface area contributed by atoms with Gasteiger partial charge in [-0.1, -0.05) is 41.9 Å².